The van der Waals surface area contributed by atoms with Crippen molar-refractivity contribution in [3.63, 3.8) is 0 Å². The first-order valence-electron chi connectivity index (χ1n) is 1.72. The number of rotatable bonds is 1. The number of carboxylic acid groups (broad SMARTS) is 1. The van der Waals surface area contributed by atoms with Crippen LogP contribution in [0.5, 0.6) is 0 Å². The molecule has 0 bridgehead atoms. The molecule has 5 heteroatoms. The SMILES string of the molecule is CC(O)C(=O)O.OCl. The average Bonchev–Trinajstić information content (AvgIpc) is 1.72. The fraction of sp³-hybridized carbons (Fsp3) is 0.667. The first-order chi connectivity index (χ1) is 3.64. The van der Waals surface area contributed by atoms with Crippen molar-refractivity contribution in [1.82, 2.24) is 0 Å². The van der Waals surface area contributed by atoms with Crippen molar-refractivity contribution in [3.8, 4) is 0 Å². The molecule has 0 fully saturated rings. The van der Waals surface area contributed by atoms with E-state index in [1.165, 1.54) is 6.92 Å². The predicted octanol–water partition coefficient (Wildman–Crippen LogP) is -0.416. The fourth-order valence-electron chi connectivity index (χ4n) is 0. The molecule has 4 nitrogen and oxygen atoms in total. The monoisotopic (exact) mass is 142 g/mol. The lowest BCUT2D eigenvalue weighted by molar-refractivity contribution is -0.145. The van der Waals surface area contributed by atoms with Gasteiger partial charge in [-0.2, -0.15) is 0 Å². The smallest absolute Gasteiger partial charge is 0.332 e. The average molecular weight is 143 g/mol. The topological polar surface area (TPSA) is 77.8 Å². The first-order valence-corrected chi connectivity index (χ1v) is 2.06. The van der Waals surface area contributed by atoms with Crippen molar-refractivity contribution in [2.45, 2.75) is 13.0 Å². The molecule has 3 N–H and O–H groups in total. The molecule has 8 heavy (non-hydrogen) atoms. The Labute approximate surface area is 51.5 Å². The number of aliphatic hydroxyl groups excluding tert-OH is 1. The van der Waals surface area contributed by atoms with Crippen LogP contribution in [0.15, 0.2) is 0 Å². The molecule has 0 spiro atoms. The highest BCUT2D eigenvalue weighted by molar-refractivity contribution is 6.04. The number of carboxylic acids is 1. The zero-order chi connectivity index (χ0) is 7.15. The van der Waals surface area contributed by atoms with Crippen molar-refractivity contribution in [2.24, 2.45) is 0 Å². The number of hydrogen-bond acceptors (Lipinski definition) is 3. The first kappa shape index (κ1) is 10.6. The molecule has 0 aromatic carbocycles. The highest BCUT2D eigenvalue weighted by atomic mass is 35.5. The largest absolute Gasteiger partial charge is 0.479 e. The third-order valence-corrected chi connectivity index (χ3v) is 0.357. The second kappa shape index (κ2) is 6.68. The van der Waals surface area contributed by atoms with Gasteiger partial charge in [-0.05, 0) is 6.92 Å². The Morgan fingerprint density at radius 1 is 1.62 bits per heavy atom. The van der Waals surface area contributed by atoms with Gasteiger partial charge in [0.25, 0.3) is 0 Å². The molecule has 1 unspecified atom stereocenters. The van der Waals surface area contributed by atoms with Crippen molar-refractivity contribution in [3.05, 3.63) is 0 Å². The Kier molecular flexibility index (Phi) is 8.87. The van der Waals surface area contributed by atoms with E-state index in [1.54, 1.807) is 0 Å². The minimum Gasteiger partial charge on any atom is -0.479 e. The van der Waals surface area contributed by atoms with Gasteiger partial charge in [-0.3, -0.25) is 4.66 Å². The quantitative estimate of drug-likeness (QED) is 0.465. The van der Waals surface area contributed by atoms with Crippen molar-refractivity contribution in [1.29, 1.82) is 0 Å². The molecule has 0 aromatic heterocycles. The zero-order valence-electron chi connectivity index (χ0n) is 4.21. The van der Waals surface area contributed by atoms with Crippen LogP contribution in [0.1, 0.15) is 6.92 Å². The van der Waals surface area contributed by atoms with Crippen LogP contribution < -0.4 is 0 Å². The predicted molar refractivity (Wildman–Crippen MR) is 27.4 cm³/mol. The lowest BCUT2D eigenvalue weighted by atomic mass is 10.4. The highest BCUT2D eigenvalue weighted by Gasteiger charge is 2.01. The molecule has 1 atom stereocenters. The van der Waals surface area contributed by atoms with Crippen LogP contribution in [-0.4, -0.2) is 26.9 Å². The maximum absolute atomic E-state index is 9.45. The standard InChI is InChI=1S/C3H6O3.ClHO/c1-2(4)3(5)6;1-2/h2,4H,1H3,(H,5,6);2H. The highest BCUT2D eigenvalue weighted by Crippen LogP contribution is 1.73. The molecular formula is C3H7ClO4. The maximum atomic E-state index is 9.45. The Morgan fingerprint density at radius 3 is 1.75 bits per heavy atom. The van der Waals surface area contributed by atoms with Crippen molar-refractivity contribution < 1.29 is 19.7 Å². The Hall–Kier alpha value is -0.320. The van der Waals surface area contributed by atoms with E-state index in [1.807, 2.05) is 0 Å². The number of aliphatic hydroxyl groups is 1. The van der Waals surface area contributed by atoms with E-state index in [-0.39, 0.29) is 0 Å². The van der Waals surface area contributed by atoms with Crippen LogP contribution in [0.2, 0.25) is 0 Å². The van der Waals surface area contributed by atoms with Crippen LogP contribution in [0.3, 0.4) is 0 Å². The molecular weight excluding hydrogens is 135 g/mol. The molecule has 0 saturated carbocycles. The lowest BCUT2D eigenvalue weighted by Crippen LogP contribution is -2.13. The van der Waals surface area contributed by atoms with Crippen LogP contribution in [0, 0.1) is 0 Å². The van der Waals surface area contributed by atoms with Gasteiger partial charge in [-0.1, -0.05) is 0 Å². The summed E-state index contributed by atoms with van der Waals surface area (Å²) in [5, 5.41) is 15.8. The zero-order valence-corrected chi connectivity index (χ0v) is 4.96. The van der Waals surface area contributed by atoms with E-state index in [0.29, 0.717) is 0 Å². The van der Waals surface area contributed by atoms with Gasteiger partial charge in [0.15, 0.2) is 0 Å². The third kappa shape index (κ3) is 9.19. The molecule has 0 aliphatic rings. The van der Waals surface area contributed by atoms with Crippen LogP contribution in [0.4, 0.5) is 0 Å². The van der Waals surface area contributed by atoms with E-state index in [4.69, 9.17) is 14.9 Å². The Morgan fingerprint density at radius 2 is 1.75 bits per heavy atom. The molecule has 0 heterocycles. The summed E-state index contributed by atoms with van der Waals surface area (Å²) in [5.74, 6) is -1.19. The molecule has 50 valence electrons. The summed E-state index contributed by atoms with van der Waals surface area (Å²) in [5.41, 5.74) is 0. The van der Waals surface area contributed by atoms with Crippen LogP contribution >= 0.6 is 11.9 Å². The summed E-state index contributed by atoms with van der Waals surface area (Å²) >= 11 is 3.64. The molecule has 0 aliphatic carbocycles. The van der Waals surface area contributed by atoms with Gasteiger partial charge < -0.3 is 10.2 Å². The van der Waals surface area contributed by atoms with E-state index in [0.717, 1.165) is 0 Å². The number of halogens is 1. The van der Waals surface area contributed by atoms with Crippen LogP contribution in [-0.2, 0) is 4.79 Å². The fourth-order valence-corrected chi connectivity index (χ4v) is 0. The number of hydrogen-bond donors (Lipinski definition) is 3. The normalized spacial score (nSPS) is 11.0. The lowest BCUT2D eigenvalue weighted by Gasteiger charge is -1.89. The van der Waals surface area contributed by atoms with E-state index in [9.17, 15) is 4.79 Å². The van der Waals surface area contributed by atoms with Crippen molar-refractivity contribution >= 4 is 17.8 Å². The van der Waals surface area contributed by atoms with Crippen molar-refractivity contribution in [2.75, 3.05) is 0 Å². The maximum Gasteiger partial charge on any atom is 0.332 e. The number of carbonyl (C=O) groups is 1. The second-order valence-electron chi connectivity index (χ2n) is 1.01. The molecule has 0 rings (SSSR count). The molecule has 0 aromatic rings. The third-order valence-electron chi connectivity index (χ3n) is 0.357. The molecule has 0 amide bonds. The summed E-state index contributed by atoms with van der Waals surface area (Å²) in [4.78, 5) is 9.45. The van der Waals surface area contributed by atoms with E-state index in [2.05, 4.69) is 11.9 Å². The van der Waals surface area contributed by atoms with Gasteiger partial charge in [0.05, 0.1) is 11.9 Å². The van der Waals surface area contributed by atoms with E-state index >= 15 is 0 Å². The molecule has 0 aliphatic heterocycles. The van der Waals surface area contributed by atoms with Gasteiger partial charge in [-0.15, -0.1) is 0 Å². The summed E-state index contributed by atoms with van der Waals surface area (Å²) in [6, 6.07) is 0. The van der Waals surface area contributed by atoms with E-state index < -0.39 is 12.1 Å². The van der Waals surface area contributed by atoms with Gasteiger partial charge in [0.1, 0.15) is 6.10 Å². The number of aliphatic carboxylic acids is 1. The summed E-state index contributed by atoms with van der Waals surface area (Å²) < 4.78 is 6.47. The Bertz CT molecular complexity index is 62.3. The minimum atomic E-state index is -1.23. The van der Waals surface area contributed by atoms with Gasteiger partial charge >= 0.3 is 5.97 Å². The van der Waals surface area contributed by atoms with Crippen LogP contribution in [0.25, 0.3) is 0 Å². The summed E-state index contributed by atoms with van der Waals surface area (Å²) in [6.07, 6.45) is -1.23. The van der Waals surface area contributed by atoms with Gasteiger partial charge in [-0.25, -0.2) is 4.79 Å². The molecule has 0 saturated heterocycles. The van der Waals surface area contributed by atoms with Gasteiger partial charge in [0, 0.05) is 0 Å². The second-order valence-corrected chi connectivity index (χ2v) is 1.01. The minimum absolute atomic E-state index is 1.19. The van der Waals surface area contributed by atoms with Gasteiger partial charge in [0.2, 0.25) is 0 Å². The summed E-state index contributed by atoms with van der Waals surface area (Å²) in [6.45, 7) is 1.20. The summed E-state index contributed by atoms with van der Waals surface area (Å²) in [7, 11) is 0. The molecule has 0 radical (unpaired) electrons. The Balaban J connectivity index is 0.